The Morgan fingerprint density at radius 3 is 2.55 bits per heavy atom. The van der Waals surface area contributed by atoms with E-state index in [1.807, 2.05) is 26.1 Å². The van der Waals surface area contributed by atoms with E-state index in [-0.39, 0.29) is 23.9 Å². The molecule has 2 saturated heterocycles. The van der Waals surface area contributed by atoms with Gasteiger partial charge in [-0.2, -0.15) is 0 Å². The van der Waals surface area contributed by atoms with E-state index in [1.54, 1.807) is 11.0 Å². The van der Waals surface area contributed by atoms with Crippen molar-refractivity contribution in [3.63, 3.8) is 0 Å². The average Bonchev–Trinajstić information content (AvgIpc) is 2.73. The fourth-order valence-electron chi connectivity index (χ4n) is 4.61. The van der Waals surface area contributed by atoms with E-state index in [4.69, 9.17) is 5.73 Å². The Bertz CT molecular complexity index is 948. The minimum atomic E-state index is -0.389. The third-order valence-electron chi connectivity index (χ3n) is 6.70. The van der Waals surface area contributed by atoms with Gasteiger partial charge in [0.2, 0.25) is 11.8 Å². The van der Waals surface area contributed by atoms with Crippen LogP contribution in [0.25, 0.3) is 0 Å². The number of rotatable bonds is 5. The topological polar surface area (TPSA) is 91.6 Å². The lowest BCUT2D eigenvalue weighted by Crippen LogP contribution is -2.62. The zero-order chi connectivity index (χ0) is 22.0. The maximum absolute atomic E-state index is 13.3. The van der Waals surface area contributed by atoms with Crippen molar-refractivity contribution in [1.29, 1.82) is 0 Å². The molecule has 164 valence electrons. The third kappa shape index (κ3) is 4.56. The van der Waals surface area contributed by atoms with Gasteiger partial charge in [0.15, 0.2) is 0 Å². The first-order chi connectivity index (χ1) is 14.9. The lowest BCUT2D eigenvalue weighted by Gasteiger charge is -2.45. The summed E-state index contributed by atoms with van der Waals surface area (Å²) in [5.74, 6) is 0.809. The summed E-state index contributed by atoms with van der Waals surface area (Å²) >= 11 is 0. The average molecular weight is 422 g/mol. The van der Waals surface area contributed by atoms with Crippen molar-refractivity contribution in [2.75, 3.05) is 25.9 Å². The highest BCUT2D eigenvalue weighted by Gasteiger charge is 2.42. The summed E-state index contributed by atoms with van der Waals surface area (Å²) in [6, 6.07) is 13.5. The quantitative estimate of drug-likeness (QED) is 0.771. The van der Waals surface area contributed by atoms with Crippen LogP contribution < -0.4 is 11.1 Å². The molecule has 4 rings (SSSR count). The Balaban J connectivity index is 1.37. The summed E-state index contributed by atoms with van der Waals surface area (Å²) in [6.07, 6.45) is 2.54. The van der Waals surface area contributed by atoms with Crippen molar-refractivity contribution >= 4 is 17.6 Å². The number of nitrogen functional groups attached to an aromatic ring is 1. The summed E-state index contributed by atoms with van der Waals surface area (Å²) in [7, 11) is 2.01. The highest BCUT2D eigenvalue weighted by atomic mass is 16.2. The van der Waals surface area contributed by atoms with Crippen molar-refractivity contribution in [2.45, 2.75) is 50.7 Å². The standard InChI is InChI=1S/C24H31N5O2/c1-16-19(8-9-22(25)27-16)15-26-23(30)20-11-13-29(20)24(31)21-14-18(10-12-28(21)2)17-6-4-3-5-7-17/h3-9,18,20-21H,10-15H2,1-2H3,(H2,25,27)(H,26,30)/t18-,20?,21+/m0/s1. The van der Waals surface area contributed by atoms with Gasteiger partial charge >= 0.3 is 0 Å². The zero-order valence-corrected chi connectivity index (χ0v) is 18.3. The van der Waals surface area contributed by atoms with Crippen molar-refractivity contribution in [2.24, 2.45) is 0 Å². The van der Waals surface area contributed by atoms with Crippen LogP contribution in [0.3, 0.4) is 0 Å². The van der Waals surface area contributed by atoms with Crippen LogP contribution >= 0.6 is 0 Å². The van der Waals surface area contributed by atoms with Crippen LogP contribution in [0.1, 0.15) is 42.0 Å². The lowest BCUT2D eigenvalue weighted by atomic mass is 9.84. The molecule has 0 spiro atoms. The number of aryl methyl sites for hydroxylation is 1. The second-order valence-electron chi connectivity index (χ2n) is 8.66. The fourth-order valence-corrected chi connectivity index (χ4v) is 4.61. The number of piperidine rings is 1. The van der Waals surface area contributed by atoms with Crippen molar-refractivity contribution in [3.05, 3.63) is 59.3 Å². The summed E-state index contributed by atoms with van der Waals surface area (Å²) in [6.45, 7) is 3.78. The Morgan fingerprint density at radius 2 is 1.87 bits per heavy atom. The Morgan fingerprint density at radius 1 is 1.10 bits per heavy atom. The number of carbonyl (C=O) groups is 2. The van der Waals surface area contributed by atoms with Crippen LogP contribution in [0.5, 0.6) is 0 Å². The van der Waals surface area contributed by atoms with E-state index in [0.717, 1.165) is 30.6 Å². The van der Waals surface area contributed by atoms with Gasteiger partial charge in [0.1, 0.15) is 11.9 Å². The minimum Gasteiger partial charge on any atom is -0.384 e. The number of hydrogen-bond donors (Lipinski definition) is 2. The number of nitrogens with two attached hydrogens (primary N) is 1. The molecule has 1 aromatic heterocycles. The first-order valence-electron chi connectivity index (χ1n) is 11.0. The van der Waals surface area contributed by atoms with Gasteiger partial charge in [0.05, 0.1) is 6.04 Å². The molecule has 1 unspecified atom stereocenters. The van der Waals surface area contributed by atoms with Crippen LogP contribution in [0.15, 0.2) is 42.5 Å². The van der Waals surface area contributed by atoms with E-state index in [1.165, 1.54) is 5.56 Å². The molecule has 0 radical (unpaired) electrons. The number of carbonyl (C=O) groups excluding carboxylic acids is 2. The molecule has 2 amide bonds. The first kappa shape index (κ1) is 21.3. The molecule has 2 aliphatic heterocycles. The maximum Gasteiger partial charge on any atom is 0.243 e. The van der Waals surface area contributed by atoms with Crippen molar-refractivity contribution < 1.29 is 9.59 Å². The molecular weight excluding hydrogens is 390 g/mol. The van der Waals surface area contributed by atoms with Gasteiger partial charge < -0.3 is 16.0 Å². The monoisotopic (exact) mass is 421 g/mol. The molecule has 0 aliphatic carbocycles. The van der Waals surface area contributed by atoms with Gasteiger partial charge in [-0.05, 0) is 62.9 Å². The van der Waals surface area contributed by atoms with Gasteiger partial charge in [0, 0.05) is 18.8 Å². The molecule has 3 heterocycles. The molecule has 0 saturated carbocycles. The molecular formula is C24H31N5O2. The number of aromatic nitrogens is 1. The summed E-state index contributed by atoms with van der Waals surface area (Å²) in [4.78, 5) is 34.2. The lowest BCUT2D eigenvalue weighted by molar-refractivity contribution is -0.152. The molecule has 3 atom stereocenters. The second-order valence-corrected chi connectivity index (χ2v) is 8.66. The van der Waals surface area contributed by atoms with Crippen LogP contribution in [-0.4, -0.2) is 58.8 Å². The van der Waals surface area contributed by atoms with Gasteiger partial charge in [-0.3, -0.25) is 14.5 Å². The Kier molecular flexibility index (Phi) is 6.23. The molecule has 1 aromatic carbocycles. The van der Waals surface area contributed by atoms with Crippen LogP contribution in [0, 0.1) is 6.92 Å². The summed E-state index contributed by atoms with van der Waals surface area (Å²) < 4.78 is 0. The van der Waals surface area contributed by atoms with Crippen molar-refractivity contribution in [1.82, 2.24) is 20.1 Å². The maximum atomic E-state index is 13.3. The van der Waals surface area contributed by atoms with Crippen LogP contribution in [0.2, 0.25) is 0 Å². The molecule has 7 nitrogen and oxygen atoms in total. The number of amides is 2. The number of likely N-dealkylation sites (N-methyl/N-ethyl adjacent to an activating group) is 1. The SMILES string of the molecule is Cc1nc(N)ccc1CNC(=O)C1CCN1C(=O)[C@H]1C[C@@H](c2ccccc2)CCN1C. The molecule has 2 aliphatic rings. The van der Waals surface area contributed by atoms with Gasteiger partial charge in [-0.1, -0.05) is 36.4 Å². The summed E-state index contributed by atoms with van der Waals surface area (Å²) in [5.41, 5.74) is 8.72. The zero-order valence-electron chi connectivity index (χ0n) is 18.3. The van der Waals surface area contributed by atoms with Crippen LogP contribution in [-0.2, 0) is 16.1 Å². The number of hydrogen-bond acceptors (Lipinski definition) is 5. The van der Waals surface area contributed by atoms with Gasteiger partial charge in [0.25, 0.3) is 0 Å². The van der Waals surface area contributed by atoms with E-state index in [2.05, 4.69) is 39.5 Å². The second kappa shape index (κ2) is 9.06. The number of anilines is 1. The van der Waals surface area contributed by atoms with E-state index < -0.39 is 0 Å². The largest absolute Gasteiger partial charge is 0.384 e. The molecule has 31 heavy (non-hydrogen) atoms. The predicted octanol–water partition coefficient (Wildman–Crippen LogP) is 2.07. The molecule has 0 bridgehead atoms. The van der Waals surface area contributed by atoms with Crippen molar-refractivity contribution in [3.8, 4) is 0 Å². The number of likely N-dealkylation sites (tertiary alicyclic amines) is 2. The molecule has 2 fully saturated rings. The highest BCUT2D eigenvalue weighted by molar-refractivity contribution is 5.91. The number of nitrogens with one attached hydrogen (secondary N) is 1. The van der Waals surface area contributed by atoms with E-state index in [0.29, 0.717) is 31.2 Å². The predicted molar refractivity (Wildman–Crippen MR) is 120 cm³/mol. The normalized spacial score (nSPS) is 23.8. The minimum absolute atomic E-state index is 0.0693. The van der Waals surface area contributed by atoms with Crippen LogP contribution in [0.4, 0.5) is 5.82 Å². The Hall–Kier alpha value is -2.93. The van der Waals surface area contributed by atoms with Gasteiger partial charge in [-0.25, -0.2) is 4.98 Å². The number of pyridine rings is 1. The van der Waals surface area contributed by atoms with E-state index in [9.17, 15) is 9.59 Å². The van der Waals surface area contributed by atoms with E-state index >= 15 is 0 Å². The number of benzene rings is 1. The fraction of sp³-hybridized carbons (Fsp3) is 0.458. The summed E-state index contributed by atoms with van der Waals surface area (Å²) in [5, 5.41) is 2.97. The highest BCUT2D eigenvalue weighted by Crippen LogP contribution is 2.33. The third-order valence-corrected chi connectivity index (χ3v) is 6.70. The first-order valence-corrected chi connectivity index (χ1v) is 11.0. The van der Waals surface area contributed by atoms with Gasteiger partial charge in [-0.15, -0.1) is 0 Å². The smallest absolute Gasteiger partial charge is 0.243 e. The number of nitrogens with zero attached hydrogens (tertiary/aromatic N) is 3. The molecule has 7 heteroatoms. The molecule has 2 aromatic rings. The Labute approximate surface area is 183 Å². The molecule has 3 N–H and O–H groups in total.